The van der Waals surface area contributed by atoms with Crippen LogP contribution < -0.4 is 5.32 Å². The molecule has 2 rings (SSSR count). The van der Waals surface area contributed by atoms with Gasteiger partial charge in [0, 0.05) is 19.7 Å². The molecular formula is C11H19N3O. The van der Waals surface area contributed by atoms with E-state index in [4.69, 9.17) is 4.74 Å². The number of hydrogen-bond acceptors (Lipinski definition) is 3. The van der Waals surface area contributed by atoms with Crippen LogP contribution in [-0.2, 0) is 18.2 Å². The molecule has 0 bridgehead atoms. The van der Waals surface area contributed by atoms with Crippen molar-refractivity contribution in [2.45, 2.75) is 38.8 Å². The van der Waals surface area contributed by atoms with Gasteiger partial charge in [0.2, 0.25) is 0 Å². The van der Waals surface area contributed by atoms with Crippen LogP contribution in [0, 0.1) is 0 Å². The lowest BCUT2D eigenvalue weighted by molar-refractivity contribution is 0.121. The van der Waals surface area contributed by atoms with Gasteiger partial charge in [-0.2, -0.15) is 5.10 Å². The molecule has 0 amide bonds. The second-order valence-electron chi connectivity index (χ2n) is 4.11. The Labute approximate surface area is 90.6 Å². The first-order chi connectivity index (χ1) is 7.20. The molecule has 2 atom stereocenters. The molecule has 1 saturated heterocycles. The van der Waals surface area contributed by atoms with E-state index in [9.17, 15) is 0 Å². The zero-order valence-electron chi connectivity index (χ0n) is 9.66. The normalized spacial score (nSPS) is 25.8. The van der Waals surface area contributed by atoms with Crippen LogP contribution in [-0.4, -0.2) is 28.5 Å². The summed E-state index contributed by atoms with van der Waals surface area (Å²) in [5, 5.41) is 7.90. The molecule has 0 aromatic carbocycles. The summed E-state index contributed by atoms with van der Waals surface area (Å²) < 4.78 is 7.43. The number of rotatable bonds is 3. The van der Waals surface area contributed by atoms with Crippen molar-refractivity contribution in [1.29, 1.82) is 0 Å². The summed E-state index contributed by atoms with van der Waals surface area (Å²) in [5.41, 5.74) is 1.13. The van der Waals surface area contributed by atoms with Gasteiger partial charge in [0.1, 0.15) is 5.82 Å². The molecule has 4 nitrogen and oxygen atoms in total. The van der Waals surface area contributed by atoms with Crippen molar-refractivity contribution in [3.8, 4) is 0 Å². The lowest BCUT2D eigenvalue weighted by Crippen LogP contribution is -2.27. The molecular weight excluding hydrogens is 190 g/mol. The summed E-state index contributed by atoms with van der Waals surface area (Å²) in [5.74, 6) is 1.09. The average Bonchev–Trinajstić information content (AvgIpc) is 2.76. The first kappa shape index (κ1) is 10.5. The molecule has 15 heavy (non-hydrogen) atoms. The van der Waals surface area contributed by atoms with Gasteiger partial charge >= 0.3 is 0 Å². The van der Waals surface area contributed by atoms with Crippen molar-refractivity contribution in [2.24, 2.45) is 7.05 Å². The van der Waals surface area contributed by atoms with Crippen LogP contribution in [0.5, 0.6) is 0 Å². The fourth-order valence-electron chi connectivity index (χ4n) is 1.95. The maximum atomic E-state index is 5.52. The van der Waals surface area contributed by atoms with Gasteiger partial charge in [-0.05, 0) is 19.8 Å². The largest absolute Gasteiger partial charge is 0.376 e. The van der Waals surface area contributed by atoms with E-state index in [0.717, 1.165) is 31.0 Å². The summed E-state index contributed by atoms with van der Waals surface area (Å²) in [6.07, 6.45) is 2.35. The summed E-state index contributed by atoms with van der Waals surface area (Å²) in [7, 11) is 1.97. The van der Waals surface area contributed by atoms with Gasteiger partial charge in [0.15, 0.2) is 0 Å². The van der Waals surface area contributed by atoms with Gasteiger partial charge in [0.25, 0.3) is 0 Å². The minimum absolute atomic E-state index is 0.296. The van der Waals surface area contributed by atoms with Crippen molar-refractivity contribution in [3.05, 3.63) is 11.8 Å². The van der Waals surface area contributed by atoms with E-state index in [1.807, 2.05) is 11.7 Å². The van der Waals surface area contributed by atoms with Crippen molar-refractivity contribution in [1.82, 2.24) is 9.78 Å². The third kappa shape index (κ3) is 2.15. The maximum Gasteiger partial charge on any atom is 0.124 e. The third-order valence-electron chi connectivity index (χ3n) is 3.00. The Morgan fingerprint density at radius 2 is 2.47 bits per heavy atom. The summed E-state index contributed by atoms with van der Waals surface area (Å²) in [6.45, 7) is 5.09. The second-order valence-corrected chi connectivity index (χ2v) is 4.11. The van der Waals surface area contributed by atoms with Gasteiger partial charge in [-0.25, -0.2) is 0 Å². The zero-order chi connectivity index (χ0) is 10.8. The summed E-state index contributed by atoms with van der Waals surface area (Å²) in [6, 6.07) is 2.54. The van der Waals surface area contributed by atoms with Crippen LogP contribution in [0.1, 0.15) is 26.0 Å². The molecule has 0 spiro atoms. The molecule has 1 N–H and O–H groups in total. The lowest BCUT2D eigenvalue weighted by Gasteiger charge is -2.16. The van der Waals surface area contributed by atoms with E-state index < -0.39 is 0 Å². The van der Waals surface area contributed by atoms with E-state index in [2.05, 4.69) is 30.3 Å². The van der Waals surface area contributed by atoms with Crippen molar-refractivity contribution < 1.29 is 4.74 Å². The number of nitrogens with one attached hydrogen (secondary N) is 1. The van der Waals surface area contributed by atoms with Gasteiger partial charge in [-0.15, -0.1) is 0 Å². The van der Waals surface area contributed by atoms with Gasteiger partial charge < -0.3 is 10.1 Å². The number of aryl methyl sites for hydroxylation is 2. The molecule has 0 aliphatic carbocycles. The highest BCUT2D eigenvalue weighted by atomic mass is 16.5. The number of anilines is 1. The molecule has 1 aliphatic rings. The molecule has 2 unspecified atom stereocenters. The predicted octanol–water partition coefficient (Wildman–Crippen LogP) is 1.57. The Bertz CT molecular complexity index is 335. The Morgan fingerprint density at radius 3 is 3.00 bits per heavy atom. The van der Waals surface area contributed by atoms with Crippen molar-refractivity contribution in [3.63, 3.8) is 0 Å². The van der Waals surface area contributed by atoms with E-state index >= 15 is 0 Å². The van der Waals surface area contributed by atoms with E-state index in [-0.39, 0.29) is 0 Å². The quantitative estimate of drug-likeness (QED) is 0.821. The minimum Gasteiger partial charge on any atom is -0.376 e. The van der Waals surface area contributed by atoms with Crippen LogP contribution in [0.2, 0.25) is 0 Å². The van der Waals surface area contributed by atoms with Gasteiger partial charge in [0.05, 0.1) is 17.8 Å². The average molecular weight is 209 g/mol. The molecule has 2 heterocycles. The monoisotopic (exact) mass is 209 g/mol. The topological polar surface area (TPSA) is 39.1 Å². The number of nitrogens with zero attached hydrogens (tertiary/aromatic N) is 2. The van der Waals surface area contributed by atoms with E-state index in [1.54, 1.807) is 0 Å². The van der Waals surface area contributed by atoms with Crippen molar-refractivity contribution >= 4 is 5.82 Å². The van der Waals surface area contributed by atoms with Crippen LogP contribution in [0.15, 0.2) is 6.07 Å². The Balaban J connectivity index is 2.06. The highest BCUT2D eigenvalue weighted by Crippen LogP contribution is 2.19. The van der Waals surface area contributed by atoms with Crippen LogP contribution in [0.3, 0.4) is 0 Å². The SMILES string of the molecule is CCc1cc(NC2CCOC2C)n(C)n1. The standard InChI is InChI=1S/C11H19N3O/c1-4-9-7-11(14(3)13-9)12-10-5-6-15-8(10)2/h7-8,10,12H,4-6H2,1-3H3. The van der Waals surface area contributed by atoms with Gasteiger partial charge in [-0.1, -0.05) is 6.92 Å². The number of hydrogen-bond donors (Lipinski definition) is 1. The minimum atomic E-state index is 0.296. The Kier molecular flexibility index (Phi) is 2.95. The number of ether oxygens (including phenoxy) is 1. The second kappa shape index (κ2) is 4.23. The third-order valence-corrected chi connectivity index (χ3v) is 3.00. The van der Waals surface area contributed by atoms with Gasteiger partial charge in [-0.3, -0.25) is 4.68 Å². The Morgan fingerprint density at radius 1 is 1.67 bits per heavy atom. The fourth-order valence-corrected chi connectivity index (χ4v) is 1.95. The smallest absolute Gasteiger partial charge is 0.124 e. The van der Waals surface area contributed by atoms with Crippen LogP contribution in [0.25, 0.3) is 0 Å². The van der Waals surface area contributed by atoms with Crippen LogP contribution in [0.4, 0.5) is 5.82 Å². The maximum absolute atomic E-state index is 5.52. The fraction of sp³-hybridized carbons (Fsp3) is 0.727. The molecule has 1 aromatic rings. The molecule has 84 valence electrons. The highest BCUT2D eigenvalue weighted by Gasteiger charge is 2.24. The number of aromatic nitrogens is 2. The predicted molar refractivity (Wildman–Crippen MR) is 60.0 cm³/mol. The van der Waals surface area contributed by atoms with Crippen LogP contribution >= 0.6 is 0 Å². The molecule has 0 saturated carbocycles. The first-order valence-electron chi connectivity index (χ1n) is 5.61. The molecule has 1 aliphatic heterocycles. The summed E-state index contributed by atoms with van der Waals surface area (Å²) >= 11 is 0. The Hall–Kier alpha value is -1.03. The molecule has 4 heteroatoms. The highest BCUT2D eigenvalue weighted by molar-refractivity contribution is 5.38. The molecule has 1 fully saturated rings. The van der Waals surface area contributed by atoms with E-state index in [0.29, 0.717) is 12.1 Å². The van der Waals surface area contributed by atoms with Crippen molar-refractivity contribution in [2.75, 3.05) is 11.9 Å². The first-order valence-corrected chi connectivity index (χ1v) is 5.61. The summed E-state index contributed by atoms with van der Waals surface area (Å²) in [4.78, 5) is 0. The molecule has 1 aromatic heterocycles. The zero-order valence-corrected chi connectivity index (χ0v) is 9.66. The lowest BCUT2D eigenvalue weighted by atomic mass is 10.1. The molecule has 0 radical (unpaired) electrons. The van der Waals surface area contributed by atoms with E-state index in [1.165, 1.54) is 0 Å².